The van der Waals surface area contributed by atoms with Crippen LogP contribution in [-0.2, 0) is 14.8 Å². The van der Waals surface area contributed by atoms with Gasteiger partial charge >= 0.3 is 0 Å². The van der Waals surface area contributed by atoms with Crippen LogP contribution in [0, 0.1) is 0 Å². The van der Waals surface area contributed by atoms with Crippen molar-refractivity contribution in [2.45, 2.75) is 4.90 Å². The van der Waals surface area contributed by atoms with E-state index in [4.69, 9.17) is 17.3 Å². The van der Waals surface area contributed by atoms with Crippen LogP contribution in [-0.4, -0.2) is 26.8 Å². The lowest BCUT2D eigenvalue weighted by atomic mass is 10.2. The highest BCUT2D eigenvalue weighted by atomic mass is 35.5. The Balaban J connectivity index is 1.88. The number of amides is 2. The number of hydrogen-bond acceptors (Lipinski definition) is 4. The minimum Gasteiger partial charge on any atom is -0.366 e. The van der Waals surface area contributed by atoms with E-state index < -0.39 is 28.4 Å². The van der Waals surface area contributed by atoms with Gasteiger partial charge in [-0.1, -0.05) is 29.8 Å². The second kappa shape index (κ2) is 8.98. The molecule has 0 heterocycles. The van der Waals surface area contributed by atoms with Gasteiger partial charge in [0.2, 0.25) is 11.8 Å². The van der Waals surface area contributed by atoms with Crippen LogP contribution in [0.25, 0.3) is 0 Å². The Morgan fingerprint density at radius 2 is 1.50 bits per heavy atom. The largest absolute Gasteiger partial charge is 0.366 e. The lowest BCUT2D eigenvalue weighted by molar-refractivity contribution is -0.114. The molecule has 30 heavy (non-hydrogen) atoms. The molecule has 0 saturated carbocycles. The normalized spacial score (nSPS) is 11.0. The second-order valence-corrected chi connectivity index (χ2v) is 8.59. The maximum atomic E-state index is 13.2. The van der Waals surface area contributed by atoms with Crippen molar-refractivity contribution in [1.82, 2.24) is 0 Å². The fourth-order valence-electron chi connectivity index (χ4n) is 2.69. The fraction of sp³-hybridized carbons (Fsp3) is 0.0476. The van der Waals surface area contributed by atoms with Crippen molar-refractivity contribution < 1.29 is 18.0 Å². The molecule has 3 N–H and O–H groups in total. The van der Waals surface area contributed by atoms with Gasteiger partial charge in [0.25, 0.3) is 10.0 Å². The topological polar surface area (TPSA) is 110 Å². The van der Waals surface area contributed by atoms with Crippen LogP contribution < -0.4 is 15.4 Å². The molecular weight excluding hydrogens is 426 g/mol. The molecule has 0 spiro atoms. The van der Waals surface area contributed by atoms with Crippen molar-refractivity contribution in [3.05, 3.63) is 89.4 Å². The number of nitrogens with two attached hydrogens (primary N) is 1. The van der Waals surface area contributed by atoms with Crippen molar-refractivity contribution >= 4 is 44.8 Å². The third kappa shape index (κ3) is 4.97. The third-order valence-corrected chi connectivity index (χ3v) is 6.23. The van der Waals surface area contributed by atoms with E-state index in [-0.39, 0.29) is 4.90 Å². The lowest BCUT2D eigenvalue weighted by Crippen LogP contribution is -2.38. The first-order chi connectivity index (χ1) is 14.3. The van der Waals surface area contributed by atoms with Crippen LogP contribution in [0.3, 0.4) is 0 Å². The number of carbonyl (C=O) groups is 2. The Kier molecular flexibility index (Phi) is 6.39. The molecule has 2 amide bonds. The van der Waals surface area contributed by atoms with Gasteiger partial charge in [0, 0.05) is 16.3 Å². The molecule has 0 unspecified atom stereocenters. The van der Waals surface area contributed by atoms with Crippen LogP contribution in [0.2, 0.25) is 5.02 Å². The number of hydrogen-bond donors (Lipinski definition) is 2. The van der Waals surface area contributed by atoms with Gasteiger partial charge in [-0.25, -0.2) is 8.42 Å². The number of rotatable bonds is 7. The van der Waals surface area contributed by atoms with E-state index in [1.807, 2.05) is 0 Å². The molecule has 0 bridgehead atoms. The molecule has 154 valence electrons. The molecule has 0 aromatic heterocycles. The number of anilines is 2. The maximum absolute atomic E-state index is 13.2. The summed E-state index contributed by atoms with van der Waals surface area (Å²) in [5, 5.41) is 3.06. The Morgan fingerprint density at radius 3 is 2.07 bits per heavy atom. The quantitative estimate of drug-likeness (QED) is 0.583. The molecule has 3 rings (SSSR count). The van der Waals surface area contributed by atoms with Crippen molar-refractivity contribution in [2.24, 2.45) is 5.73 Å². The number of primary amides is 1. The molecule has 3 aromatic rings. The Bertz CT molecular complexity index is 1150. The minimum atomic E-state index is -4.00. The zero-order chi connectivity index (χ0) is 21.7. The monoisotopic (exact) mass is 443 g/mol. The lowest BCUT2D eigenvalue weighted by Gasteiger charge is -2.24. The Morgan fingerprint density at radius 1 is 0.900 bits per heavy atom. The number of benzene rings is 3. The van der Waals surface area contributed by atoms with E-state index in [0.29, 0.717) is 22.0 Å². The molecule has 9 heteroatoms. The molecule has 0 aliphatic heterocycles. The van der Waals surface area contributed by atoms with Gasteiger partial charge in [0.05, 0.1) is 10.6 Å². The molecule has 0 fully saturated rings. The Hall–Kier alpha value is -3.36. The first kappa shape index (κ1) is 21.4. The van der Waals surface area contributed by atoms with Gasteiger partial charge in [0.15, 0.2) is 0 Å². The summed E-state index contributed by atoms with van der Waals surface area (Å²) in [6.45, 7) is -0.462. The average molecular weight is 444 g/mol. The van der Waals surface area contributed by atoms with E-state index >= 15 is 0 Å². The van der Waals surface area contributed by atoms with Gasteiger partial charge in [-0.05, 0) is 60.7 Å². The molecule has 0 aliphatic carbocycles. The zero-order valence-corrected chi connectivity index (χ0v) is 17.2. The average Bonchev–Trinajstić information content (AvgIpc) is 2.74. The molecule has 0 aliphatic rings. The minimum absolute atomic E-state index is 0.0542. The fourth-order valence-corrected chi connectivity index (χ4v) is 4.26. The summed E-state index contributed by atoms with van der Waals surface area (Å²) >= 11 is 5.92. The summed E-state index contributed by atoms with van der Waals surface area (Å²) < 4.78 is 27.4. The molecule has 7 nitrogen and oxygen atoms in total. The van der Waals surface area contributed by atoms with Crippen LogP contribution in [0.15, 0.2) is 83.8 Å². The van der Waals surface area contributed by atoms with E-state index in [0.717, 1.165) is 4.31 Å². The summed E-state index contributed by atoms with van der Waals surface area (Å²) in [6.07, 6.45) is 0. The van der Waals surface area contributed by atoms with Gasteiger partial charge in [-0.15, -0.1) is 0 Å². The maximum Gasteiger partial charge on any atom is 0.264 e. The molecule has 0 atom stereocenters. The smallest absolute Gasteiger partial charge is 0.264 e. The predicted molar refractivity (Wildman–Crippen MR) is 116 cm³/mol. The third-order valence-electron chi connectivity index (χ3n) is 4.19. The van der Waals surface area contributed by atoms with Crippen LogP contribution in [0.5, 0.6) is 0 Å². The van der Waals surface area contributed by atoms with Crippen molar-refractivity contribution in [3.8, 4) is 0 Å². The molecule has 3 aromatic carbocycles. The summed E-state index contributed by atoms with van der Waals surface area (Å²) in [4.78, 5) is 23.8. The summed E-state index contributed by atoms with van der Waals surface area (Å²) in [6, 6.07) is 19.9. The first-order valence-electron chi connectivity index (χ1n) is 8.80. The summed E-state index contributed by atoms with van der Waals surface area (Å²) in [7, 11) is -4.00. The second-order valence-electron chi connectivity index (χ2n) is 6.29. The standard InChI is InChI=1S/C21H18ClN3O4S/c22-16-8-12-18(13-9-16)25(30(28,29)19-4-2-1-3-5-19)14-20(26)24-17-10-6-15(7-11-17)21(23)27/h1-13H,14H2,(H2,23,27)(H,24,26). The molecular formula is C21H18ClN3O4S. The molecule has 0 radical (unpaired) electrons. The van der Waals surface area contributed by atoms with Gasteiger partial charge in [-0.2, -0.15) is 0 Å². The number of sulfonamides is 1. The van der Waals surface area contributed by atoms with Crippen LogP contribution in [0.4, 0.5) is 11.4 Å². The first-order valence-corrected chi connectivity index (χ1v) is 10.6. The van der Waals surface area contributed by atoms with Crippen molar-refractivity contribution in [3.63, 3.8) is 0 Å². The van der Waals surface area contributed by atoms with Gasteiger partial charge in [0.1, 0.15) is 6.54 Å². The summed E-state index contributed by atoms with van der Waals surface area (Å²) in [5.41, 5.74) is 6.19. The van der Waals surface area contributed by atoms with E-state index in [1.54, 1.807) is 30.3 Å². The SMILES string of the molecule is NC(=O)c1ccc(NC(=O)CN(c2ccc(Cl)cc2)S(=O)(=O)c2ccccc2)cc1. The Labute approximate surface area is 179 Å². The van der Waals surface area contributed by atoms with E-state index in [1.165, 1.54) is 48.5 Å². The predicted octanol–water partition coefficient (Wildman–Crippen LogP) is 3.27. The van der Waals surface area contributed by atoms with Crippen molar-refractivity contribution in [1.29, 1.82) is 0 Å². The zero-order valence-electron chi connectivity index (χ0n) is 15.7. The highest BCUT2D eigenvalue weighted by molar-refractivity contribution is 7.92. The highest BCUT2D eigenvalue weighted by Gasteiger charge is 2.27. The van der Waals surface area contributed by atoms with E-state index in [9.17, 15) is 18.0 Å². The van der Waals surface area contributed by atoms with Crippen LogP contribution >= 0.6 is 11.6 Å². The number of nitrogens with one attached hydrogen (secondary N) is 1. The summed E-state index contributed by atoms with van der Waals surface area (Å²) in [5.74, 6) is -1.15. The van der Waals surface area contributed by atoms with Crippen molar-refractivity contribution in [2.75, 3.05) is 16.2 Å². The molecule has 0 saturated heterocycles. The van der Waals surface area contributed by atoms with Gasteiger partial charge < -0.3 is 11.1 Å². The number of nitrogens with zero attached hydrogens (tertiary/aromatic N) is 1. The van der Waals surface area contributed by atoms with Gasteiger partial charge in [-0.3, -0.25) is 13.9 Å². The number of halogens is 1. The van der Waals surface area contributed by atoms with Crippen LogP contribution in [0.1, 0.15) is 10.4 Å². The highest BCUT2D eigenvalue weighted by Crippen LogP contribution is 2.25. The number of carbonyl (C=O) groups excluding carboxylic acids is 2. The van der Waals surface area contributed by atoms with E-state index in [2.05, 4.69) is 5.32 Å².